The average Bonchev–Trinajstić information content (AvgIpc) is 2.39. The Morgan fingerprint density at radius 2 is 2.05 bits per heavy atom. The second-order valence-electron chi connectivity index (χ2n) is 6.75. The lowest BCUT2D eigenvalue weighted by molar-refractivity contribution is -0.245. The molecule has 3 nitrogen and oxygen atoms in total. The van der Waals surface area contributed by atoms with Gasteiger partial charge in [-0.1, -0.05) is 29.3 Å². The quantitative estimate of drug-likeness (QED) is 0.771. The Morgan fingerprint density at radius 3 is 2.71 bits per heavy atom. The number of aliphatic hydroxyl groups is 1. The molecule has 0 radical (unpaired) electrons. The third kappa shape index (κ3) is 2.28. The fraction of sp³-hybridized carbons (Fsp3) is 0.529. The number of halogens is 1. The number of rotatable bonds is 1. The molecule has 1 heterocycles. The average molecular weight is 309 g/mol. The number of aromatic hydroxyl groups is 1. The van der Waals surface area contributed by atoms with E-state index in [1.54, 1.807) is 6.07 Å². The molecule has 1 fully saturated rings. The van der Waals surface area contributed by atoms with Gasteiger partial charge in [-0.25, -0.2) is 0 Å². The fourth-order valence-corrected chi connectivity index (χ4v) is 3.75. The van der Waals surface area contributed by atoms with E-state index in [0.717, 1.165) is 5.56 Å². The number of phenols is 1. The molecule has 21 heavy (non-hydrogen) atoms. The molecule has 1 aromatic carbocycles. The zero-order valence-corrected chi connectivity index (χ0v) is 13.3. The second kappa shape index (κ2) is 4.73. The summed E-state index contributed by atoms with van der Waals surface area (Å²) in [5, 5.41) is 20.9. The van der Waals surface area contributed by atoms with Crippen LogP contribution in [-0.4, -0.2) is 21.4 Å². The SMILES string of the molecule is CC1=CC[C@]2(O)C[C@H]1[C@H](c1ccc(O)cc1Cl)OC2(C)C. The van der Waals surface area contributed by atoms with Gasteiger partial charge in [0.2, 0.25) is 0 Å². The highest BCUT2D eigenvalue weighted by Gasteiger charge is 2.54. The lowest BCUT2D eigenvalue weighted by Gasteiger charge is -2.54. The minimum atomic E-state index is -0.836. The molecular formula is C17H21ClO3. The van der Waals surface area contributed by atoms with Crippen molar-refractivity contribution >= 4 is 11.6 Å². The maximum atomic E-state index is 10.9. The summed E-state index contributed by atoms with van der Waals surface area (Å²) in [6.07, 6.45) is 3.20. The maximum absolute atomic E-state index is 10.9. The lowest BCUT2D eigenvalue weighted by Crippen LogP contribution is -2.59. The van der Waals surface area contributed by atoms with Crippen LogP contribution in [0.25, 0.3) is 0 Å². The van der Waals surface area contributed by atoms with Crippen molar-refractivity contribution in [3.05, 3.63) is 40.4 Å². The highest BCUT2D eigenvalue weighted by molar-refractivity contribution is 6.31. The van der Waals surface area contributed by atoms with Gasteiger partial charge in [0.1, 0.15) is 5.75 Å². The standard InChI is InChI=1S/C17H21ClO3/c1-10-6-7-17(20)9-13(10)15(21-16(17,2)3)12-5-4-11(19)8-14(12)18/h4-6,8,13,15,19-20H,7,9H2,1-3H3/t13-,15+,17+/m1/s1. The van der Waals surface area contributed by atoms with E-state index >= 15 is 0 Å². The molecule has 1 aromatic rings. The van der Waals surface area contributed by atoms with Crippen molar-refractivity contribution in [1.82, 2.24) is 0 Å². The van der Waals surface area contributed by atoms with Crippen molar-refractivity contribution in [1.29, 1.82) is 0 Å². The molecular weight excluding hydrogens is 288 g/mol. The zero-order chi connectivity index (χ0) is 15.4. The smallest absolute Gasteiger partial charge is 0.117 e. The minimum Gasteiger partial charge on any atom is -0.508 e. The first kappa shape index (κ1) is 14.9. The first-order valence-corrected chi connectivity index (χ1v) is 7.66. The molecule has 0 unspecified atom stereocenters. The van der Waals surface area contributed by atoms with E-state index in [1.165, 1.54) is 11.6 Å². The summed E-state index contributed by atoms with van der Waals surface area (Å²) >= 11 is 6.29. The van der Waals surface area contributed by atoms with Crippen LogP contribution in [-0.2, 0) is 4.74 Å². The van der Waals surface area contributed by atoms with Gasteiger partial charge < -0.3 is 14.9 Å². The molecule has 1 saturated heterocycles. The van der Waals surface area contributed by atoms with Crippen LogP contribution in [0.15, 0.2) is 29.8 Å². The van der Waals surface area contributed by atoms with Crippen LogP contribution in [0.4, 0.5) is 0 Å². The van der Waals surface area contributed by atoms with Crippen LogP contribution < -0.4 is 0 Å². The van der Waals surface area contributed by atoms with Crippen molar-refractivity contribution in [2.24, 2.45) is 5.92 Å². The molecule has 4 heteroatoms. The van der Waals surface area contributed by atoms with Crippen LogP contribution in [0.1, 0.15) is 45.3 Å². The number of hydrogen-bond acceptors (Lipinski definition) is 3. The third-order valence-corrected chi connectivity index (χ3v) is 5.43. The molecule has 2 aliphatic rings. The third-order valence-electron chi connectivity index (χ3n) is 5.10. The Bertz CT molecular complexity index is 608. The van der Waals surface area contributed by atoms with Crippen LogP contribution >= 0.6 is 11.6 Å². The van der Waals surface area contributed by atoms with Crippen molar-refractivity contribution in [3.8, 4) is 5.75 Å². The second-order valence-corrected chi connectivity index (χ2v) is 7.16. The van der Waals surface area contributed by atoms with E-state index in [1.807, 2.05) is 19.9 Å². The maximum Gasteiger partial charge on any atom is 0.117 e. The van der Waals surface area contributed by atoms with Gasteiger partial charge in [0.05, 0.1) is 22.3 Å². The molecule has 0 spiro atoms. The Morgan fingerprint density at radius 1 is 1.33 bits per heavy atom. The molecule has 3 atom stereocenters. The zero-order valence-electron chi connectivity index (χ0n) is 12.6. The number of ether oxygens (including phenoxy) is 1. The molecule has 2 bridgehead atoms. The Labute approximate surface area is 130 Å². The lowest BCUT2D eigenvalue weighted by atomic mass is 9.66. The summed E-state index contributed by atoms with van der Waals surface area (Å²) in [4.78, 5) is 0. The van der Waals surface area contributed by atoms with Gasteiger partial charge in [0, 0.05) is 11.5 Å². The van der Waals surface area contributed by atoms with Gasteiger partial charge >= 0.3 is 0 Å². The largest absolute Gasteiger partial charge is 0.508 e. The monoisotopic (exact) mass is 308 g/mol. The van der Waals surface area contributed by atoms with Crippen molar-refractivity contribution in [2.45, 2.75) is 50.9 Å². The first-order valence-electron chi connectivity index (χ1n) is 7.29. The van der Waals surface area contributed by atoms with Gasteiger partial charge in [0.15, 0.2) is 0 Å². The highest BCUT2D eigenvalue weighted by Crippen LogP contribution is 2.53. The van der Waals surface area contributed by atoms with Crippen molar-refractivity contribution in [2.75, 3.05) is 0 Å². The summed E-state index contributed by atoms with van der Waals surface area (Å²) in [6.45, 7) is 5.94. The van der Waals surface area contributed by atoms with Crippen LogP contribution in [0, 0.1) is 5.92 Å². The van der Waals surface area contributed by atoms with Gasteiger partial charge in [-0.3, -0.25) is 0 Å². The van der Waals surface area contributed by atoms with E-state index in [-0.39, 0.29) is 17.8 Å². The molecule has 1 aliphatic heterocycles. The summed E-state index contributed by atoms with van der Waals surface area (Å²) < 4.78 is 6.26. The molecule has 114 valence electrons. The van der Waals surface area contributed by atoms with E-state index in [0.29, 0.717) is 17.9 Å². The predicted octanol–water partition coefficient (Wildman–Crippen LogP) is 3.98. The normalized spacial score (nSPS) is 34.4. The molecule has 1 aliphatic carbocycles. The minimum absolute atomic E-state index is 0.110. The van der Waals surface area contributed by atoms with E-state index in [2.05, 4.69) is 13.0 Å². The summed E-state index contributed by atoms with van der Waals surface area (Å²) in [6, 6.07) is 4.97. The van der Waals surface area contributed by atoms with E-state index < -0.39 is 11.2 Å². The fourth-order valence-electron chi connectivity index (χ4n) is 3.46. The molecule has 0 saturated carbocycles. The van der Waals surface area contributed by atoms with Crippen LogP contribution in [0.5, 0.6) is 5.75 Å². The summed E-state index contributed by atoms with van der Waals surface area (Å²) in [7, 11) is 0. The molecule has 0 amide bonds. The van der Waals surface area contributed by atoms with Crippen LogP contribution in [0.3, 0.4) is 0 Å². The summed E-state index contributed by atoms with van der Waals surface area (Å²) in [5.74, 6) is 0.255. The van der Waals surface area contributed by atoms with Gasteiger partial charge in [-0.15, -0.1) is 0 Å². The van der Waals surface area contributed by atoms with Gasteiger partial charge in [-0.05, 0) is 45.7 Å². The number of hydrogen-bond donors (Lipinski definition) is 2. The van der Waals surface area contributed by atoms with Gasteiger partial charge in [-0.2, -0.15) is 0 Å². The summed E-state index contributed by atoms with van der Waals surface area (Å²) in [5.41, 5.74) is 0.609. The van der Waals surface area contributed by atoms with Crippen molar-refractivity contribution in [3.63, 3.8) is 0 Å². The highest BCUT2D eigenvalue weighted by atomic mass is 35.5. The van der Waals surface area contributed by atoms with E-state index in [9.17, 15) is 10.2 Å². The molecule has 0 aromatic heterocycles. The first-order chi connectivity index (χ1) is 9.73. The Balaban J connectivity index is 2.06. The van der Waals surface area contributed by atoms with Crippen LogP contribution in [0.2, 0.25) is 5.02 Å². The van der Waals surface area contributed by atoms with E-state index in [4.69, 9.17) is 16.3 Å². The Hall–Kier alpha value is -1.03. The number of fused-ring (bicyclic) bond motifs is 2. The number of phenolic OH excluding ortho intramolecular Hbond substituents is 1. The molecule has 2 N–H and O–H groups in total. The van der Waals surface area contributed by atoms with Crippen molar-refractivity contribution < 1.29 is 14.9 Å². The predicted molar refractivity (Wildman–Crippen MR) is 82.5 cm³/mol. The van der Waals surface area contributed by atoms with Gasteiger partial charge in [0.25, 0.3) is 0 Å². The molecule has 3 rings (SSSR count). The number of benzene rings is 1. The topological polar surface area (TPSA) is 49.7 Å². The Kier molecular flexibility index (Phi) is 3.36.